The van der Waals surface area contributed by atoms with E-state index in [1.165, 1.54) is 0 Å². The van der Waals surface area contributed by atoms with E-state index in [9.17, 15) is 4.79 Å². The van der Waals surface area contributed by atoms with E-state index in [1.54, 1.807) is 18.3 Å². The summed E-state index contributed by atoms with van der Waals surface area (Å²) in [5.74, 6) is 1.30. The monoisotopic (exact) mass is 285 g/mol. The van der Waals surface area contributed by atoms with E-state index < -0.39 is 0 Å². The summed E-state index contributed by atoms with van der Waals surface area (Å²) in [6.45, 7) is 0. The number of rotatable bonds is 3. The highest BCUT2D eigenvalue weighted by molar-refractivity contribution is 6.53. The van der Waals surface area contributed by atoms with Gasteiger partial charge in [0, 0.05) is 22.9 Å². The number of nitrogens with zero attached hydrogens (tertiary/aromatic N) is 3. The van der Waals surface area contributed by atoms with Gasteiger partial charge in [-0.3, -0.25) is 4.79 Å². The van der Waals surface area contributed by atoms with Crippen molar-refractivity contribution in [3.8, 4) is 0 Å². The summed E-state index contributed by atoms with van der Waals surface area (Å²) >= 11 is 0. The zero-order valence-corrected chi connectivity index (χ0v) is 11.6. The fourth-order valence-corrected chi connectivity index (χ4v) is 2.39. The fourth-order valence-electron chi connectivity index (χ4n) is 2.39. The Morgan fingerprint density at radius 1 is 0.773 bits per heavy atom. The molecular weight excluding hydrogens is 274 g/mol. The standard InChI is InChI=1S/C18H11N3O/c22-16(12-4-2-1-3-5-12)13-6-8-14(9-7-13)17-20-15-10-11-19-18(15)21-17/h1-11H. The Hall–Kier alpha value is -3.14. The molecule has 2 heterocycles. The molecule has 0 fully saturated rings. The molecule has 4 rings (SSSR count). The topological polar surface area (TPSA) is 54.1 Å². The van der Waals surface area contributed by atoms with Crippen LogP contribution in [-0.2, 0) is 0 Å². The number of carbonyl (C=O) groups is 1. The van der Waals surface area contributed by atoms with Crippen LogP contribution in [-0.4, -0.2) is 23.2 Å². The van der Waals surface area contributed by atoms with Crippen LogP contribution in [0.3, 0.4) is 0 Å². The summed E-state index contributed by atoms with van der Waals surface area (Å²) in [4.78, 5) is 25.3. The molecule has 0 spiro atoms. The Morgan fingerprint density at radius 2 is 1.50 bits per heavy atom. The lowest BCUT2D eigenvalue weighted by atomic mass is 10.0. The largest absolute Gasteiger partial charge is 0.289 e. The van der Waals surface area contributed by atoms with Gasteiger partial charge < -0.3 is 0 Å². The number of amidine groups is 2. The molecule has 0 aliphatic carbocycles. The van der Waals surface area contributed by atoms with E-state index in [0.717, 1.165) is 11.3 Å². The van der Waals surface area contributed by atoms with Gasteiger partial charge in [0.1, 0.15) is 5.71 Å². The molecule has 0 saturated heterocycles. The van der Waals surface area contributed by atoms with Gasteiger partial charge in [0.25, 0.3) is 0 Å². The minimum atomic E-state index is 0.0102. The molecule has 2 aromatic rings. The number of hydrogen-bond acceptors (Lipinski definition) is 4. The van der Waals surface area contributed by atoms with Crippen LogP contribution in [0.15, 0.2) is 81.9 Å². The molecule has 0 N–H and O–H groups in total. The summed E-state index contributed by atoms with van der Waals surface area (Å²) in [6, 6.07) is 16.6. The molecule has 0 aromatic heterocycles. The lowest BCUT2D eigenvalue weighted by Gasteiger charge is -2.02. The molecule has 0 amide bonds. The van der Waals surface area contributed by atoms with Gasteiger partial charge in [-0.15, -0.1) is 0 Å². The van der Waals surface area contributed by atoms with Crippen molar-refractivity contribution in [2.75, 3.05) is 0 Å². The molecule has 2 aromatic carbocycles. The van der Waals surface area contributed by atoms with Crippen LogP contribution in [0, 0.1) is 0 Å². The Bertz CT molecular complexity index is 872. The number of aliphatic imine (C=N–C) groups is 3. The van der Waals surface area contributed by atoms with Crippen LogP contribution < -0.4 is 0 Å². The van der Waals surface area contributed by atoms with Crippen LogP contribution >= 0.6 is 0 Å². The molecule has 4 nitrogen and oxygen atoms in total. The predicted molar refractivity (Wildman–Crippen MR) is 86.9 cm³/mol. The first-order valence-electron chi connectivity index (χ1n) is 6.93. The molecule has 0 unspecified atom stereocenters. The Balaban J connectivity index is 1.61. The maximum atomic E-state index is 12.4. The minimum absolute atomic E-state index is 0.0102. The third kappa shape index (κ3) is 2.11. The van der Waals surface area contributed by atoms with Crippen LogP contribution in [0.4, 0.5) is 0 Å². The quantitative estimate of drug-likeness (QED) is 0.800. The summed E-state index contributed by atoms with van der Waals surface area (Å²) in [5, 5.41) is 0. The zero-order valence-electron chi connectivity index (χ0n) is 11.6. The van der Waals surface area contributed by atoms with Crippen LogP contribution in [0.25, 0.3) is 0 Å². The van der Waals surface area contributed by atoms with E-state index in [1.807, 2.05) is 48.5 Å². The molecule has 2 aliphatic rings. The highest BCUT2D eigenvalue weighted by atomic mass is 16.1. The molecule has 0 bridgehead atoms. The molecule has 0 saturated carbocycles. The van der Waals surface area contributed by atoms with Crippen molar-refractivity contribution in [2.24, 2.45) is 15.0 Å². The van der Waals surface area contributed by atoms with Gasteiger partial charge in [0.05, 0.1) is 0 Å². The van der Waals surface area contributed by atoms with Gasteiger partial charge in [0.2, 0.25) is 0 Å². The maximum Gasteiger partial charge on any atom is 0.193 e. The smallest absolute Gasteiger partial charge is 0.193 e. The molecule has 2 aliphatic heterocycles. The maximum absolute atomic E-state index is 12.4. The predicted octanol–water partition coefficient (Wildman–Crippen LogP) is 3.04. The van der Waals surface area contributed by atoms with E-state index in [0.29, 0.717) is 22.8 Å². The second-order valence-corrected chi connectivity index (χ2v) is 4.97. The number of fused-ring (bicyclic) bond motifs is 1. The molecule has 22 heavy (non-hydrogen) atoms. The van der Waals surface area contributed by atoms with Gasteiger partial charge in [-0.1, -0.05) is 54.6 Å². The van der Waals surface area contributed by atoms with Crippen LogP contribution in [0.2, 0.25) is 0 Å². The molecular formula is C18H11N3O. The van der Waals surface area contributed by atoms with Crippen molar-refractivity contribution in [1.29, 1.82) is 0 Å². The Labute approximate surface area is 127 Å². The Morgan fingerprint density at radius 3 is 2.23 bits per heavy atom. The van der Waals surface area contributed by atoms with Crippen molar-refractivity contribution in [1.82, 2.24) is 0 Å². The third-order valence-corrected chi connectivity index (χ3v) is 3.54. The molecule has 0 atom stereocenters. The summed E-state index contributed by atoms with van der Waals surface area (Å²) in [7, 11) is 0. The first kappa shape index (κ1) is 12.6. The van der Waals surface area contributed by atoms with E-state index >= 15 is 0 Å². The van der Waals surface area contributed by atoms with Crippen molar-refractivity contribution in [2.45, 2.75) is 0 Å². The van der Waals surface area contributed by atoms with Crippen molar-refractivity contribution in [3.63, 3.8) is 0 Å². The lowest BCUT2D eigenvalue weighted by molar-refractivity contribution is 0.103. The molecule has 4 heteroatoms. The van der Waals surface area contributed by atoms with Crippen LogP contribution in [0.1, 0.15) is 21.5 Å². The van der Waals surface area contributed by atoms with E-state index in [4.69, 9.17) is 0 Å². The molecule has 104 valence electrons. The third-order valence-electron chi connectivity index (χ3n) is 3.54. The van der Waals surface area contributed by atoms with E-state index in [-0.39, 0.29) is 5.78 Å². The summed E-state index contributed by atoms with van der Waals surface area (Å²) < 4.78 is 0. The van der Waals surface area contributed by atoms with Crippen molar-refractivity contribution in [3.05, 3.63) is 83.6 Å². The first-order valence-corrected chi connectivity index (χ1v) is 6.93. The van der Waals surface area contributed by atoms with Gasteiger partial charge in [0.15, 0.2) is 17.5 Å². The lowest BCUT2D eigenvalue weighted by Crippen LogP contribution is -2.02. The number of ketones is 1. The van der Waals surface area contributed by atoms with Gasteiger partial charge in [-0.2, -0.15) is 0 Å². The highest BCUT2D eigenvalue weighted by Gasteiger charge is 2.19. The van der Waals surface area contributed by atoms with Gasteiger partial charge in [-0.25, -0.2) is 15.0 Å². The van der Waals surface area contributed by atoms with Gasteiger partial charge in [-0.05, 0) is 6.08 Å². The number of hydrogen-bond donors (Lipinski definition) is 0. The SMILES string of the molecule is O=C(c1ccccc1)c1ccc(C2=NC3=NC=CC3=N2)cc1. The second kappa shape index (κ2) is 5.00. The number of carbonyl (C=O) groups excluding carboxylic acids is 1. The summed E-state index contributed by atoms with van der Waals surface area (Å²) in [6.07, 6.45) is 3.52. The highest BCUT2D eigenvalue weighted by Crippen LogP contribution is 2.16. The zero-order chi connectivity index (χ0) is 14.9. The number of benzene rings is 2. The fraction of sp³-hybridized carbons (Fsp3) is 0. The minimum Gasteiger partial charge on any atom is -0.289 e. The van der Waals surface area contributed by atoms with Crippen molar-refractivity contribution < 1.29 is 4.79 Å². The summed E-state index contributed by atoms with van der Waals surface area (Å²) in [5.41, 5.74) is 3.00. The average molecular weight is 285 g/mol. The van der Waals surface area contributed by atoms with Crippen molar-refractivity contribution >= 4 is 23.2 Å². The average Bonchev–Trinajstić information content (AvgIpc) is 3.17. The van der Waals surface area contributed by atoms with Gasteiger partial charge >= 0.3 is 0 Å². The first-order chi connectivity index (χ1) is 10.8. The normalized spacial score (nSPS) is 15.2. The Kier molecular flexibility index (Phi) is 2.86. The van der Waals surface area contributed by atoms with Crippen LogP contribution in [0.5, 0.6) is 0 Å². The molecule has 0 radical (unpaired) electrons. The van der Waals surface area contributed by atoms with E-state index in [2.05, 4.69) is 15.0 Å². The second-order valence-electron chi connectivity index (χ2n) is 4.97.